The summed E-state index contributed by atoms with van der Waals surface area (Å²) in [5.74, 6) is -3.07. The largest absolute Gasteiger partial charge is 0.382 e. The van der Waals surface area contributed by atoms with Crippen molar-refractivity contribution in [1.82, 2.24) is 0 Å². The first-order chi connectivity index (χ1) is 6.65. The molecular formula is C9H11F3N2. The molecule has 0 amide bonds. The number of hydrogen-bond acceptors (Lipinski definition) is 2. The van der Waals surface area contributed by atoms with Crippen LogP contribution in [0.5, 0.6) is 0 Å². The van der Waals surface area contributed by atoms with Gasteiger partial charge in [-0.15, -0.1) is 0 Å². The molecule has 1 aromatic rings. The standard InChI is InChI=1S/C9H11F3N2/c10-6-4-7(11)9(12)8(5-6)14-3-1-2-13/h4-5,14H,1-3,13H2. The number of nitrogens with one attached hydrogen (secondary N) is 1. The Bertz CT molecular complexity index is 315. The van der Waals surface area contributed by atoms with Crippen LogP contribution in [0.3, 0.4) is 0 Å². The topological polar surface area (TPSA) is 38.0 Å². The van der Waals surface area contributed by atoms with Gasteiger partial charge in [0.05, 0.1) is 5.69 Å². The summed E-state index contributed by atoms with van der Waals surface area (Å²) in [6.45, 7) is 0.822. The van der Waals surface area contributed by atoms with Gasteiger partial charge in [-0.2, -0.15) is 0 Å². The van der Waals surface area contributed by atoms with Gasteiger partial charge in [0.25, 0.3) is 0 Å². The Balaban J connectivity index is 2.75. The fraction of sp³-hybridized carbons (Fsp3) is 0.333. The van der Waals surface area contributed by atoms with Gasteiger partial charge in [-0.3, -0.25) is 0 Å². The molecule has 14 heavy (non-hydrogen) atoms. The lowest BCUT2D eigenvalue weighted by atomic mass is 10.2. The minimum atomic E-state index is -1.19. The minimum Gasteiger partial charge on any atom is -0.382 e. The third-order valence-electron chi connectivity index (χ3n) is 1.69. The summed E-state index contributed by atoms with van der Waals surface area (Å²) < 4.78 is 38.3. The van der Waals surface area contributed by atoms with Crippen LogP contribution >= 0.6 is 0 Å². The molecule has 1 aromatic carbocycles. The van der Waals surface area contributed by atoms with Crippen LogP contribution in [0.2, 0.25) is 0 Å². The molecule has 2 nitrogen and oxygen atoms in total. The van der Waals surface area contributed by atoms with E-state index in [1.54, 1.807) is 0 Å². The van der Waals surface area contributed by atoms with E-state index in [1.807, 2.05) is 0 Å². The van der Waals surface area contributed by atoms with Gasteiger partial charge < -0.3 is 11.1 Å². The zero-order chi connectivity index (χ0) is 10.6. The number of anilines is 1. The number of rotatable bonds is 4. The fourth-order valence-electron chi connectivity index (χ4n) is 1.01. The van der Waals surface area contributed by atoms with Gasteiger partial charge in [-0.1, -0.05) is 0 Å². The van der Waals surface area contributed by atoms with Crippen LogP contribution in [0, 0.1) is 17.5 Å². The van der Waals surface area contributed by atoms with Gasteiger partial charge in [0, 0.05) is 18.7 Å². The van der Waals surface area contributed by atoms with Gasteiger partial charge >= 0.3 is 0 Å². The lowest BCUT2D eigenvalue weighted by Crippen LogP contribution is -2.10. The summed E-state index contributed by atoms with van der Waals surface area (Å²) in [6.07, 6.45) is 0.609. The van der Waals surface area contributed by atoms with E-state index in [0.717, 1.165) is 6.07 Å². The molecular weight excluding hydrogens is 193 g/mol. The molecule has 1 rings (SSSR count). The first-order valence-electron chi connectivity index (χ1n) is 4.23. The summed E-state index contributed by atoms with van der Waals surface area (Å²) in [6, 6.07) is 1.42. The van der Waals surface area contributed by atoms with Crippen molar-refractivity contribution in [3.05, 3.63) is 29.6 Å². The molecule has 0 aliphatic heterocycles. The lowest BCUT2D eigenvalue weighted by molar-refractivity contribution is 0.497. The predicted molar refractivity (Wildman–Crippen MR) is 48.5 cm³/mol. The van der Waals surface area contributed by atoms with Crippen molar-refractivity contribution >= 4 is 5.69 Å². The van der Waals surface area contributed by atoms with E-state index < -0.39 is 17.5 Å². The van der Waals surface area contributed by atoms with Crippen molar-refractivity contribution in [2.45, 2.75) is 6.42 Å². The second kappa shape index (κ2) is 4.85. The maximum Gasteiger partial charge on any atom is 0.182 e. The van der Waals surface area contributed by atoms with Gasteiger partial charge in [0.2, 0.25) is 0 Å². The summed E-state index contributed by atoms with van der Waals surface area (Å²) in [7, 11) is 0. The van der Waals surface area contributed by atoms with E-state index in [9.17, 15) is 13.2 Å². The molecule has 0 radical (unpaired) electrons. The zero-order valence-electron chi connectivity index (χ0n) is 7.49. The minimum absolute atomic E-state index is 0.170. The predicted octanol–water partition coefficient (Wildman–Crippen LogP) is 1.86. The molecule has 0 fully saturated rings. The molecule has 0 aliphatic carbocycles. The van der Waals surface area contributed by atoms with Crippen LogP contribution in [0.4, 0.5) is 18.9 Å². The molecule has 0 spiro atoms. The molecule has 3 N–H and O–H groups in total. The number of benzene rings is 1. The Labute approximate surface area is 79.9 Å². The van der Waals surface area contributed by atoms with Crippen molar-refractivity contribution in [2.75, 3.05) is 18.4 Å². The van der Waals surface area contributed by atoms with Gasteiger partial charge in [0.15, 0.2) is 11.6 Å². The van der Waals surface area contributed by atoms with Crippen molar-refractivity contribution in [3.8, 4) is 0 Å². The van der Waals surface area contributed by atoms with E-state index in [-0.39, 0.29) is 5.69 Å². The summed E-state index contributed by atoms with van der Waals surface area (Å²) >= 11 is 0. The highest BCUT2D eigenvalue weighted by molar-refractivity contribution is 5.45. The number of nitrogens with two attached hydrogens (primary N) is 1. The number of hydrogen-bond donors (Lipinski definition) is 2. The normalized spacial score (nSPS) is 10.3. The average molecular weight is 204 g/mol. The highest BCUT2D eigenvalue weighted by atomic mass is 19.2. The molecule has 0 unspecified atom stereocenters. The summed E-state index contributed by atoms with van der Waals surface area (Å²) in [5.41, 5.74) is 5.04. The molecule has 5 heteroatoms. The Morgan fingerprint density at radius 2 is 1.93 bits per heavy atom. The molecule has 78 valence electrons. The molecule has 0 aromatic heterocycles. The van der Waals surface area contributed by atoms with Crippen LogP contribution in [-0.4, -0.2) is 13.1 Å². The fourth-order valence-corrected chi connectivity index (χ4v) is 1.01. The maximum absolute atomic E-state index is 13.0. The Morgan fingerprint density at radius 3 is 2.57 bits per heavy atom. The van der Waals surface area contributed by atoms with Gasteiger partial charge in [0.1, 0.15) is 5.82 Å². The van der Waals surface area contributed by atoms with E-state index >= 15 is 0 Å². The molecule has 0 saturated heterocycles. The van der Waals surface area contributed by atoms with Crippen LogP contribution in [0.15, 0.2) is 12.1 Å². The second-order valence-electron chi connectivity index (χ2n) is 2.82. The third-order valence-corrected chi connectivity index (χ3v) is 1.69. The average Bonchev–Trinajstić information content (AvgIpc) is 2.13. The molecule has 0 bridgehead atoms. The first-order valence-corrected chi connectivity index (χ1v) is 4.23. The highest BCUT2D eigenvalue weighted by Gasteiger charge is 2.09. The highest BCUT2D eigenvalue weighted by Crippen LogP contribution is 2.18. The Morgan fingerprint density at radius 1 is 1.21 bits per heavy atom. The van der Waals surface area contributed by atoms with Crippen molar-refractivity contribution in [3.63, 3.8) is 0 Å². The molecule has 0 aliphatic rings. The zero-order valence-corrected chi connectivity index (χ0v) is 7.49. The second-order valence-corrected chi connectivity index (χ2v) is 2.82. The lowest BCUT2D eigenvalue weighted by Gasteiger charge is -2.07. The molecule has 0 heterocycles. The summed E-state index contributed by atoms with van der Waals surface area (Å²) in [4.78, 5) is 0. The quantitative estimate of drug-likeness (QED) is 0.580. The van der Waals surface area contributed by atoms with Gasteiger partial charge in [-0.05, 0) is 13.0 Å². The van der Waals surface area contributed by atoms with E-state index in [0.29, 0.717) is 25.6 Å². The SMILES string of the molecule is NCCCNc1cc(F)cc(F)c1F. The first kappa shape index (κ1) is 10.8. The molecule has 0 saturated carbocycles. The van der Waals surface area contributed by atoms with Crippen LogP contribution in [-0.2, 0) is 0 Å². The smallest absolute Gasteiger partial charge is 0.182 e. The monoisotopic (exact) mass is 204 g/mol. The van der Waals surface area contributed by atoms with Crippen LogP contribution < -0.4 is 11.1 Å². The van der Waals surface area contributed by atoms with Crippen molar-refractivity contribution in [2.24, 2.45) is 5.73 Å². The van der Waals surface area contributed by atoms with Crippen LogP contribution in [0.25, 0.3) is 0 Å². The summed E-state index contributed by atoms with van der Waals surface area (Å²) in [5, 5.41) is 2.56. The maximum atomic E-state index is 13.0. The van der Waals surface area contributed by atoms with Gasteiger partial charge in [-0.25, -0.2) is 13.2 Å². The van der Waals surface area contributed by atoms with Crippen molar-refractivity contribution < 1.29 is 13.2 Å². The Hall–Kier alpha value is -1.23. The Kier molecular flexibility index (Phi) is 3.76. The van der Waals surface area contributed by atoms with Crippen LogP contribution in [0.1, 0.15) is 6.42 Å². The third kappa shape index (κ3) is 2.63. The van der Waals surface area contributed by atoms with E-state index in [1.165, 1.54) is 0 Å². The van der Waals surface area contributed by atoms with E-state index in [2.05, 4.69) is 5.32 Å². The van der Waals surface area contributed by atoms with E-state index in [4.69, 9.17) is 5.73 Å². The van der Waals surface area contributed by atoms with Crippen molar-refractivity contribution in [1.29, 1.82) is 0 Å². The molecule has 0 atom stereocenters. The number of halogens is 3.